The smallest absolute Gasteiger partial charge is 0.248 e. The Hall–Kier alpha value is -2.46. The Labute approximate surface area is 134 Å². The molecule has 1 amide bonds. The van der Waals surface area contributed by atoms with Crippen LogP contribution in [0, 0.1) is 0 Å². The standard InChI is InChI=1S/C17H16ClNO3/c1-21-14-7-3-12(4-8-14)5-10-17(20)19-13-6-9-16(22-2)15(18)11-13/h3-11H,1-2H3,(H,19,20). The number of amides is 1. The van der Waals surface area contributed by atoms with Gasteiger partial charge in [-0.3, -0.25) is 4.79 Å². The van der Waals surface area contributed by atoms with Crippen LogP contribution in [0.2, 0.25) is 5.02 Å². The molecule has 0 spiro atoms. The average Bonchev–Trinajstić information content (AvgIpc) is 2.53. The highest BCUT2D eigenvalue weighted by Gasteiger charge is 2.03. The first kappa shape index (κ1) is 15.9. The number of nitrogens with one attached hydrogen (secondary N) is 1. The largest absolute Gasteiger partial charge is 0.497 e. The average molecular weight is 318 g/mol. The van der Waals surface area contributed by atoms with E-state index in [0.717, 1.165) is 11.3 Å². The molecule has 0 fully saturated rings. The van der Waals surface area contributed by atoms with Crippen molar-refractivity contribution in [2.24, 2.45) is 0 Å². The Bertz CT molecular complexity index is 681. The van der Waals surface area contributed by atoms with Crippen LogP contribution in [-0.2, 0) is 4.79 Å². The summed E-state index contributed by atoms with van der Waals surface area (Å²) < 4.78 is 10.1. The Morgan fingerprint density at radius 1 is 1.09 bits per heavy atom. The van der Waals surface area contributed by atoms with Crippen molar-refractivity contribution < 1.29 is 14.3 Å². The molecule has 2 aromatic rings. The van der Waals surface area contributed by atoms with Crippen LogP contribution in [0.25, 0.3) is 6.08 Å². The Morgan fingerprint density at radius 2 is 1.82 bits per heavy atom. The van der Waals surface area contributed by atoms with E-state index in [1.54, 1.807) is 31.4 Å². The summed E-state index contributed by atoms with van der Waals surface area (Å²) in [6, 6.07) is 12.5. The fourth-order valence-electron chi connectivity index (χ4n) is 1.81. The van der Waals surface area contributed by atoms with Crippen molar-refractivity contribution in [2.75, 3.05) is 19.5 Å². The molecular weight excluding hydrogens is 302 g/mol. The van der Waals surface area contributed by atoms with Crippen LogP contribution in [0.3, 0.4) is 0 Å². The highest BCUT2D eigenvalue weighted by molar-refractivity contribution is 6.32. The van der Waals surface area contributed by atoms with Gasteiger partial charge in [-0.2, -0.15) is 0 Å². The van der Waals surface area contributed by atoms with Gasteiger partial charge >= 0.3 is 0 Å². The van der Waals surface area contributed by atoms with Gasteiger partial charge in [-0.1, -0.05) is 23.7 Å². The number of anilines is 1. The minimum atomic E-state index is -0.239. The maximum absolute atomic E-state index is 11.9. The first-order chi connectivity index (χ1) is 10.6. The summed E-state index contributed by atoms with van der Waals surface area (Å²) in [5.41, 5.74) is 1.51. The second-order valence-corrected chi connectivity index (χ2v) is 4.85. The molecule has 5 heteroatoms. The van der Waals surface area contributed by atoms with Gasteiger partial charge < -0.3 is 14.8 Å². The van der Waals surface area contributed by atoms with E-state index in [1.165, 1.54) is 13.2 Å². The lowest BCUT2D eigenvalue weighted by Crippen LogP contribution is -2.07. The van der Waals surface area contributed by atoms with Crippen molar-refractivity contribution in [3.8, 4) is 11.5 Å². The third kappa shape index (κ3) is 4.27. The maximum atomic E-state index is 11.9. The summed E-state index contributed by atoms with van der Waals surface area (Å²) in [6.07, 6.45) is 3.18. The molecule has 0 saturated carbocycles. The first-order valence-electron chi connectivity index (χ1n) is 6.59. The van der Waals surface area contributed by atoms with Crippen LogP contribution in [0.1, 0.15) is 5.56 Å². The highest BCUT2D eigenvalue weighted by Crippen LogP contribution is 2.27. The number of benzene rings is 2. The lowest BCUT2D eigenvalue weighted by atomic mass is 10.2. The topological polar surface area (TPSA) is 47.6 Å². The molecule has 0 atom stereocenters. The van der Waals surface area contributed by atoms with E-state index in [1.807, 2.05) is 24.3 Å². The quantitative estimate of drug-likeness (QED) is 0.848. The lowest BCUT2D eigenvalue weighted by molar-refractivity contribution is -0.111. The number of carbonyl (C=O) groups excluding carboxylic acids is 1. The van der Waals surface area contributed by atoms with Gasteiger partial charge in [0.25, 0.3) is 0 Å². The number of rotatable bonds is 5. The van der Waals surface area contributed by atoms with Gasteiger partial charge in [0.2, 0.25) is 5.91 Å². The molecule has 4 nitrogen and oxygen atoms in total. The molecule has 0 unspecified atom stereocenters. The molecule has 22 heavy (non-hydrogen) atoms. The van der Waals surface area contributed by atoms with E-state index in [4.69, 9.17) is 21.1 Å². The SMILES string of the molecule is COc1ccc(C=CC(=O)Nc2ccc(OC)c(Cl)c2)cc1. The second-order valence-electron chi connectivity index (χ2n) is 4.45. The number of ether oxygens (including phenoxy) is 2. The molecule has 2 rings (SSSR count). The first-order valence-corrected chi connectivity index (χ1v) is 6.97. The van der Waals surface area contributed by atoms with Crippen molar-refractivity contribution in [3.05, 3.63) is 59.1 Å². The third-order valence-electron chi connectivity index (χ3n) is 2.96. The maximum Gasteiger partial charge on any atom is 0.248 e. The second kappa shape index (κ2) is 7.52. The minimum Gasteiger partial charge on any atom is -0.497 e. The molecular formula is C17H16ClNO3. The molecule has 0 aromatic heterocycles. The van der Waals surface area contributed by atoms with Crippen LogP contribution >= 0.6 is 11.6 Å². The molecule has 114 valence electrons. The summed E-state index contributed by atoms with van der Waals surface area (Å²) >= 11 is 6.01. The van der Waals surface area contributed by atoms with E-state index in [0.29, 0.717) is 16.5 Å². The lowest BCUT2D eigenvalue weighted by Gasteiger charge is -2.06. The number of hydrogen-bond acceptors (Lipinski definition) is 3. The predicted octanol–water partition coefficient (Wildman–Crippen LogP) is 4.01. The number of halogens is 1. The van der Waals surface area contributed by atoms with Gasteiger partial charge in [-0.25, -0.2) is 0 Å². The molecule has 0 saturated heterocycles. The summed E-state index contributed by atoms with van der Waals surface area (Å²) in [7, 11) is 3.15. The molecule has 0 aliphatic rings. The molecule has 0 aliphatic carbocycles. The van der Waals surface area contributed by atoms with Gasteiger partial charge in [0.15, 0.2) is 0 Å². The van der Waals surface area contributed by atoms with E-state index in [2.05, 4.69) is 5.32 Å². The van der Waals surface area contributed by atoms with Crippen molar-refractivity contribution in [2.45, 2.75) is 0 Å². The van der Waals surface area contributed by atoms with Gasteiger partial charge in [-0.15, -0.1) is 0 Å². The molecule has 2 aromatic carbocycles. The zero-order valence-corrected chi connectivity index (χ0v) is 13.1. The van der Waals surface area contributed by atoms with E-state index in [9.17, 15) is 4.79 Å². The van der Waals surface area contributed by atoms with Crippen molar-refractivity contribution in [1.29, 1.82) is 0 Å². The monoisotopic (exact) mass is 317 g/mol. The molecule has 0 bridgehead atoms. The Kier molecular flexibility index (Phi) is 5.44. The van der Waals surface area contributed by atoms with Gasteiger partial charge in [0.1, 0.15) is 11.5 Å². The van der Waals surface area contributed by atoms with Gasteiger partial charge in [0, 0.05) is 11.8 Å². The predicted molar refractivity (Wildman–Crippen MR) is 88.7 cm³/mol. The summed E-state index contributed by atoms with van der Waals surface area (Å²) in [6.45, 7) is 0. The molecule has 0 aliphatic heterocycles. The van der Waals surface area contributed by atoms with Crippen LogP contribution in [0.4, 0.5) is 5.69 Å². The van der Waals surface area contributed by atoms with Gasteiger partial charge in [-0.05, 0) is 42.0 Å². The Morgan fingerprint density at radius 3 is 2.41 bits per heavy atom. The number of methoxy groups -OCH3 is 2. The summed E-state index contributed by atoms with van der Waals surface area (Å²) in [5, 5.41) is 3.18. The molecule has 0 heterocycles. The third-order valence-corrected chi connectivity index (χ3v) is 3.26. The van der Waals surface area contributed by atoms with Crippen molar-refractivity contribution in [3.63, 3.8) is 0 Å². The fraction of sp³-hybridized carbons (Fsp3) is 0.118. The fourth-order valence-corrected chi connectivity index (χ4v) is 2.07. The van der Waals surface area contributed by atoms with Crippen LogP contribution in [-0.4, -0.2) is 20.1 Å². The van der Waals surface area contributed by atoms with Crippen LogP contribution < -0.4 is 14.8 Å². The molecule has 1 N–H and O–H groups in total. The van der Waals surface area contributed by atoms with Crippen LogP contribution in [0.5, 0.6) is 11.5 Å². The van der Waals surface area contributed by atoms with Crippen LogP contribution in [0.15, 0.2) is 48.5 Å². The van der Waals surface area contributed by atoms with Gasteiger partial charge in [0.05, 0.1) is 19.2 Å². The zero-order valence-electron chi connectivity index (χ0n) is 12.3. The zero-order chi connectivity index (χ0) is 15.9. The van der Waals surface area contributed by atoms with E-state index >= 15 is 0 Å². The normalized spacial score (nSPS) is 10.5. The van der Waals surface area contributed by atoms with Crippen molar-refractivity contribution in [1.82, 2.24) is 0 Å². The van der Waals surface area contributed by atoms with Crippen molar-refractivity contribution >= 4 is 29.3 Å². The summed E-state index contributed by atoms with van der Waals surface area (Å²) in [4.78, 5) is 11.9. The molecule has 0 radical (unpaired) electrons. The number of hydrogen-bond donors (Lipinski definition) is 1. The van der Waals surface area contributed by atoms with E-state index in [-0.39, 0.29) is 5.91 Å². The summed E-state index contributed by atoms with van der Waals surface area (Å²) in [5.74, 6) is 1.10. The number of carbonyl (C=O) groups is 1. The van der Waals surface area contributed by atoms with E-state index < -0.39 is 0 Å². The Balaban J connectivity index is 1.99. The minimum absolute atomic E-state index is 0.239. The highest BCUT2D eigenvalue weighted by atomic mass is 35.5.